The number of fused-ring (bicyclic) bond motifs is 1. The van der Waals surface area contributed by atoms with Crippen LogP contribution in [0.25, 0.3) is 22.2 Å². The van der Waals surface area contributed by atoms with Crippen LogP contribution in [-0.4, -0.2) is 15.7 Å². The van der Waals surface area contributed by atoms with Gasteiger partial charge in [-0.3, -0.25) is 0 Å². The normalized spacial score (nSPS) is 15.3. The summed E-state index contributed by atoms with van der Waals surface area (Å²) in [6.45, 7) is 2.04. The zero-order valence-corrected chi connectivity index (χ0v) is 21.4. The van der Waals surface area contributed by atoms with Crippen LogP contribution >= 0.6 is 23.2 Å². The van der Waals surface area contributed by atoms with Gasteiger partial charge >= 0.3 is 0 Å². The highest BCUT2D eigenvalue weighted by molar-refractivity contribution is 6.34. The van der Waals surface area contributed by atoms with E-state index < -0.39 is 5.82 Å². The lowest BCUT2D eigenvalue weighted by Gasteiger charge is -2.23. The van der Waals surface area contributed by atoms with E-state index >= 15 is 0 Å². The lowest BCUT2D eigenvalue weighted by molar-refractivity contribution is 0.624. The first-order valence-electron chi connectivity index (χ1n) is 11.9. The first-order valence-corrected chi connectivity index (χ1v) is 12.6. The third-order valence-corrected chi connectivity index (χ3v) is 7.07. The molecule has 0 radical (unpaired) electrons. The monoisotopic (exact) mass is 526 g/mol. The summed E-state index contributed by atoms with van der Waals surface area (Å²) in [5, 5.41) is 8.41. The van der Waals surface area contributed by atoms with Crippen LogP contribution in [0.5, 0.6) is 0 Å². The summed E-state index contributed by atoms with van der Waals surface area (Å²) in [5.41, 5.74) is 5.44. The van der Waals surface area contributed by atoms with Crippen LogP contribution in [0.15, 0.2) is 96.1 Å². The molecule has 182 valence electrons. The fourth-order valence-corrected chi connectivity index (χ4v) is 5.11. The maximum absolute atomic E-state index is 14.9. The number of nitrogens with zero attached hydrogens (tertiary/aromatic N) is 4. The Morgan fingerprint density at radius 1 is 0.865 bits per heavy atom. The lowest BCUT2D eigenvalue weighted by atomic mass is 9.97. The Morgan fingerprint density at radius 3 is 2.41 bits per heavy atom. The van der Waals surface area contributed by atoms with Gasteiger partial charge in [-0.1, -0.05) is 89.4 Å². The highest BCUT2D eigenvalue weighted by atomic mass is 35.5. The molecule has 1 aliphatic heterocycles. The van der Waals surface area contributed by atoms with Crippen molar-refractivity contribution in [3.63, 3.8) is 0 Å². The van der Waals surface area contributed by atoms with Crippen molar-refractivity contribution in [3.05, 3.63) is 124 Å². The molecular weight excluding hydrogens is 506 g/mol. The SMILES string of the molecule is Cc1ccc([C@H]2CC(c3c(F)cccc3Cl)=NN2c2nc(-c3ccccc3)c3ccc(Cl)cc3n2)cc1. The summed E-state index contributed by atoms with van der Waals surface area (Å²) in [7, 11) is 0. The number of hydrogen-bond acceptors (Lipinski definition) is 4. The minimum atomic E-state index is -0.410. The summed E-state index contributed by atoms with van der Waals surface area (Å²) in [5.74, 6) is -0.00593. The molecule has 0 spiro atoms. The molecule has 1 aromatic heterocycles. The van der Waals surface area contributed by atoms with Crippen molar-refractivity contribution in [2.45, 2.75) is 19.4 Å². The van der Waals surface area contributed by atoms with Crippen molar-refractivity contribution in [2.75, 3.05) is 5.01 Å². The molecule has 0 aliphatic carbocycles. The van der Waals surface area contributed by atoms with E-state index in [0.717, 1.165) is 27.8 Å². The van der Waals surface area contributed by atoms with Crippen molar-refractivity contribution >= 4 is 45.8 Å². The zero-order valence-electron chi connectivity index (χ0n) is 19.9. The van der Waals surface area contributed by atoms with Gasteiger partial charge < -0.3 is 0 Å². The second-order valence-electron chi connectivity index (χ2n) is 9.02. The largest absolute Gasteiger partial charge is 0.247 e. The smallest absolute Gasteiger partial charge is 0.223 e. The van der Waals surface area contributed by atoms with Crippen molar-refractivity contribution in [3.8, 4) is 11.3 Å². The van der Waals surface area contributed by atoms with Crippen LogP contribution in [0, 0.1) is 12.7 Å². The van der Waals surface area contributed by atoms with E-state index in [1.807, 2.05) is 55.5 Å². The number of aryl methyl sites for hydroxylation is 1. The van der Waals surface area contributed by atoms with Gasteiger partial charge in [0, 0.05) is 22.4 Å². The van der Waals surface area contributed by atoms with Gasteiger partial charge in [-0.15, -0.1) is 0 Å². The summed E-state index contributed by atoms with van der Waals surface area (Å²) < 4.78 is 14.9. The van der Waals surface area contributed by atoms with Crippen LogP contribution in [0.4, 0.5) is 10.3 Å². The number of benzene rings is 4. The standard InChI is InChI=1S/C30H21Cl2FN4/c1-18-10-12-19(13-11-18)27-17-26(28-23(32)8-5-9-24(28)33)36-37(27)30-34-25-16-21(31)14-15-22(25)29(35-30)20-6-3-2-4-7-20/h2-16,27H,17H2,1H3/t27-/m1/s1. The quantitative estimate of drug-likeness (QED) is 0.236. The first kappa shape index (κ1) is 23.6. The third kappa shape index (κ3) is 4.45. The van der Waals surface area contributed by atoms with Crippen LogP contribution in [0.3, 0.4) is 0 Å². The molecule has 1 aliphatic rings. The van der Waals surface area contributed by atoms with E-state index in [1.165, 1.54) is 6.07 Å². The van der Waals surface area contributed by atoms with E-state index in [1.54, 1.807) is 17.1 Å². The van der Waals surface area contributed by atoms with Gasteiger partial charge in [0.1, 0.15) is 5.82 Å². The maximum atomic E-state index is 14.9. The molecule has 0 saturated heterocycles. The Balaban J connectivity index is 1.57. The second kappa shape index (κ2) is 9.58. The van der Waals surface area contributed by atoms with Crippen molar-refractivity contribution in [1.82, 2.24) is 9.97 Å². The molecule has 2 heterocycles. The van der Waals surface area contributed by atoms with E-state index in [2.05, 4.69) is 24.3 Å². The minimum Gasteiger partial charge on any atom is -0.223 e. The van der Waals surface area contributed by atoms with E-state index in [-0.39, 0.29) is 6.04 Å². The summed E-state index contributed by atoms with van der Waals surface area (Å²) in [6, 6.07) is 28.2. The van der Waals surface area contributed by atoms with Gasteiger partial charge in [-0.25, -0.2) is 19.4 Å². The fourth-order valence-electron chi connectivity index (χ4n) is 4.68. The maximum Gasteiger partial charge on any atom is 0.247 e. The van der Waals surface area contributed by atoms with Gasteiger partial charge in [-0.2, -0.15) is 5.10 Å². The molecule has 0 amide bonds. The predicted octanol–water partition coefficient (Wildman–Crippen LogP) is 8.41. The molecule has 5 aromatic rings. The molecule has 6 rings (SSSR count). The van der Waals surface area contributed by atoms with Gasteiger partial charge in [0.05, 0.1) is 33.6 Å². The third-order valence-electron chi connectivity index (χ3n) is 6.52. The average Bonchev–Trinajstić information content (AvgIpc) is 3.33. The number of halogens is 3. The van der Waals surface area contributed by atoms with Crippen molar-refractivity contribution in [1.29, 1.82) is 0 Å². The van der Waals surface area contributed by atoms with Gasteiger partial charge in [0.15, 0.2) is 0 Å². The highest BCUT2D eigenvalue weighted by Crippen LogP contribution is 2.39. The van der Waals surface area contributed by atoms with Crippen molar-refractivity contribution in [2.24, 2.45) is 5.10 Å². The Hall–Kier alpha value is -3.80. The number of aromatic nitrogens is 2. The zero-order chi connectivity index (χ0) is 25.5. The van der Waals surface area contributed by atoms with Gasteiger partial charge in [-0.05, 0) is 42.8 Å². The molecule has 0 bridgehead atoms. The van der Waals surface area contributed by atoms with Crippen LogP contribution in [0.1, 0.15) is 29.2 Å². The lowest BCUT2D eigenvalue weighted by Crippen LogP contribution is -2.21. The highest BCUT2D eigenvalue weighted by Gasteiger charge is 2.34. The van der Waals surface area contributed by atoms with E-state index in [0.29, 0.717) is 39.2 Å². The van der Waals surface area contributed by atoms with Crippen molar-refractivity contribution < 1.29 is 4.39 Å². The van der Waals surface area contributed by atoms with Crippen LogP contribution < -0.4 is 5.01 Å². The number of hydrazone groups is 1. The molecule has 0 N–H and O–H groups in total. The first-order chi connectivity index (χ1) is 18.0. The van der Waals surface area contributed by atoms with Crippen LogP contribution in [0.2, 0.25) is 10.0 Å². The van der Waals surface area contributed by atoms with Crippen LogP contribution in [-0.2, 0) is 0 Å². The molecule has 4 aromatic carbocycles. The second-order valence-corrected chi connectivity index (χ2v) is 9.86. The Kier molecular flexibility index (Phi) is 6.11. The summed E-state index contributed by atoms with van der Waals surface area (Å²) in [6.07, 6.45) is 0.446. The number of rotatable bonds is 4. The average molecular weight is 527 g/mol. The summed E-state index contributed by atoms with van der Waals surface area (Å²) >= 11 is 12.8. The molecule has 0 unspecified atom stereocenters. The molecular formula is C30H21Cl2FN4. The molecule has 0 saturated carbocycles. The minimum absolute atomic E-state index is 0.244. The summed E-state index contributed by atoms with van der Waals surface area (Å²) in [4.78, 5) is 9.85. The molecule has 0 fully saturated rings. The number of hydrogen-bond donors (Lipinski definition) is 0. The number of anilines is 1. The predicted molar refractivity (Wildman–Crippen MR) is 149 cm³/mol. The Morgan fingerprint density at radius 2 is 1.65 bits per heavy atom. The molecule has 1 atom stereocenters. The Bertz CT molecular complexity index is 1630. The van der Waals surface area contributed by atoms with E-state index in [9.17, 15) is 4.39 Å². The fraction of sp³-hybridized carbons (Fsp3) is 0.100. The Labute approximate surface area is 224 Å². The van der Waals surface area contributed by atoms with Gasteiger partial charge in [0.2, 0.25) is 5.95 Å². The molecule has 37 heavy (non-hydrogen) atoms. The van der Waals surface area contributed by atoms with Gasteiger partial charge in [0.25, 0.3) is 0 Å². The molecule has 4 nitrogen and oxygen atoms in total. The van der Waals surface area contributed by atoms with E-state index in [4.69, 9.17) is 38.3 Å². The topological polar surface area (TPSA) is 41.4 Å². The molecule has 7 heteroatoms.